The van der Waals surface area contributed by atoms with Gasteiger partial charge in [0.15, 0.2) is 22.4 Å². The van der Waals surface area contributed by atoms with Crippen LogP contribution in [0.4, 0.5) is 0 Å². The van der Waals surface area contributed by atoms with E-state index in [4.69, 9.17) is 9.15 Å². The van der Waals surface area contributed by atoms with Crippen LogP contribution < -0.4 is 15.5 Å². The van der Waals surface area contributed by atoms with Crippen LogP contribution in [0.5, 0.6) is 17.2 Å². The van der Waals surface area contributed by atoms with E-state index in [2.05, 4.69) is 14.9 Å². The Bertz CT molecular complexity index is 1200. The molecule has 0 saturated heterocycles. The molecule has 4 rings (SSSR count). The summed E-state index contributed by atoms with van der Waals surface area (Å²) in [6.07, 6.45) is 1.82. The number of phenols is 1. The van der Waals surface area contributed by atoms with Crippen LogP contribution in [0.2, 0.25) is 0 Å². The van der Waals surface area contributed by atoms with E-state index in [0.29, 0.717) is 11.3 Å². The molecule has 3 heterocycles. The van der Waals surface area contributed by atoms with Crippen LogP contribution >= 0.6 is 11.8 Å². The SMILES string of the molecule is COc1cc(C(CC(=O)NCc2cn3c(n2)SCC3)c2oc(C)cc(=O)c2O)ccc1O. The van der Waals surface area contributed by atoms with Gasteiger partial charge in [-0.25, -0.2) is 4.98 Å². The molecule has 0 fully saturated rings. The van der Waals surface area contributed by atoms with Crippen molar-refractivity contribution < 1.29 is 24.2 Å². The second-order valence-corrected chi connectivity index (χ2v) is 8.52. The molecule has 168 valence electrons. The third-order valence-electron chi connectivity index (χ3n) is 5.20. The van der Waals surface area contributed by atoms with Gasteiger partial charge in [-0.15, -0.1) is 0 Å². The number of carbonyl (C=O) groups excluding carboxylic acids is 1. The van der Waals surface area contributed by atoms with Crippen molar-refractivity contribution in [1.29, 1.82) is 0 Å². The number of thioether (sulfide) groups is 1. The Morgan fingerprint density at radius 3 is 2.94 bits per heavy atom. The number of aromatic hydroxyl groups is 2. The summed E-state index contributed by atoms with van der Waals surface area (Å²) in [5, 5.41) is 24.1. The van der Waals surface area contributed by atoms with Gasteiger partial charge < -0.3 is 29.3 Å². The van der Waals surface area contributed by atoms with Crippen molar-refractivity contribution in [3.63, 3.8) is 0 Å². The average Bonchev–Trinajstić information content (AvgIpc) is 3.36. The number of fused-ring (bicyclic) bond motifs is 1. The van der Waals surface area contributed by atoms with E-state index in [0.717, 1.165) is 23.1 Å². The molecule has 1 aliphatic rings. The summed E-state index contributed by atoms with van der Waals surface area (Å²) in [7, 11) is 1.41. The first kappa shape index (κ1) is 21.8. The molecule has 1 unspecified atom stereocenters. The molecule has 9 nitrogen and oxygen atoms in total. The summed E-state index contributed by atoms with van der Waals surface area (Å²) >= 11 is 1.67. The maximum absolute atomic E-state index is 12.8. The molecule has 0 bridgehead atoms. The minimum atomic E-state index is -0.778. The molecular formula is C22H23N3O6S. The highest BCUT2D eigenvalue weighted by Crippen LogP contribution is 2.37. The second-order valence-electron chi connectivity index (χ2n) is 7.46. The number of benzene rings is 1. The van der Waals surface area contributed by atoms with Gasteiger partial charge in [0.05, 0.1) is 25.3 Å². The zero-order chi connectivity index (χ0) is 22.8. The number of hydrogen-bond donors (Lipinski definition) is 3. The number of nitrogens with zero attached hydrogens (tertiary/aromatic N) is 2. The number of ether oxygens (including phenoxy) is 1. The maximum atomic E-state index is 12.8. The van der Waals surface area contributed by atoms with Crippen LogP contribution in [0.15, 0.2) is 44.8 Å². The van der Waals surface area contributed by atoms with Gasteiger partial charge in [0, 0.05) is 31.0 Å². The Morgan fingerprint density at radius 2 is 2.19 bits per heavy atom. The van der Waals surface area contributed by atoms with E-state index in [1.165, 1.54) is 19.2 Å². The molecular weight excluding hydrogens is 434 g/mol. The molecule has 2 aromatic heterocycles. The monoisotopic (exact) mass is 457 g/mol. The molecule has 3 aromatic rings. The lowest BCUT2D eigenvalue weighted by molar-refractivity contribution is -0.121. The third kappa shape index (κ3) is 4.45. The highest BCUT2D eigenvalue weighted by atomic mass is 32.2. The molecule has 1 amide bonds. The zero-order valence-electron chi connectivity index (χ0n) is 17.6. The number of rotatable bonds is 7. The van der Waals surface area contributed by atoms with E-state index in [-0.39, 0.29) is 36.1 Å². The van der Waals surface area contributed by atoms with E-state index >= 15 is 0 Å². The predicted octanol–water partition coefficient (Wildman–Crippen LogP) is 2.51. The number of aryl methyl sites for hydroxylation is 2. The number of carbonyl (C=O) groups is 1. The van der Waals surface area contributed by atoms with Crippen LogP contribution in [0.1, 0.15) is 35.1 Å². The normalized spacial score (nSPS) is 13.6. The molecule has 3 N–H and O–H groups in total. The lowest BCUT2D eigenvalue weighted by Gasteiger charge is -2.18. The Kier molecular flexibility index (Phi) is 6.13. The van der Waals surface area contributed by atoms with Gasteiger partial charge in [0.1, 0.15) is 5.76 Å². The van der Waals surface area contributed by atoms with Crippen molar-refractivity contribution in [3.8, 4) is 17.2 Å². The largest absolute Gasteiger partial charge is 0.504 e. The van der Waals surface area contributed by atoms with E-state index in [9.17, 15) is 19.8 Å². The van der Waals surface area contributed by atoms with Gasteiger partial charge in [0.2, 0.25) is 17.1 Å². The molecule has 1 atom stereocenters. The number of methoxy groups -OCH3 is 1. The lowest BCUT2D eigenvalue weighted by Crippen LogP contribution is -2.25. The number of nitrogens with one attached hydrogen (secondary N) is 1. The number of hydrogen-bond acceptors (Lipinski definition) is 8. The highest BCUT2D eigenvalue weighted by molar-refractivity contribution is 7.99. The predicted molar refractivity (Wildman–Crippen MR) is 117 cm³/mol. The molecule has 0 aliphatic carbocycles. The van der Waals surface area contributed by atoms with Gasteiger partial charge in [0.25, 0.3) is 0 Å². The summed E-state index contributed by atoms with van der Waals surface area (Å²) < 4.78 is 12.9. The Labute approximate surface area is 188 Å². The highest BCUT2D eigenvalue weighted by Gasteiger charge is 2.27. The topological polar surface area (TPSA) is 127 Å². The summed E-state index contributed by atoms with van der Waals surface area (Å²) in [5.41, 5.74) is 0.703. The average molecular weight is 458 g/mol. The van der Waals surface area contributed by atoms with Crippen LogP contribution in [0.3, 0.4) is 0 Å². The van der Waals surface area contributed by atoms with Crippen LogP contribution in [0, 0.1) is 6.92 Å². The summed E-state index contributed by atoms with van der Waals surface area (Å²) in [5.74, 6) is -0.224. The van der Waals surface area contributed by atoms with E-state index in [1.54, 1.807) is 30.8 Å². The molecule has 0 spiro atoms. The van der Waals surface area contributed by atoms with Gasteiger partial charge >= 0.3 is 0 Å². The minimum Gasteiger partial charge on any atom is -0.504 e. The summed E-state index contributed by atoms with van der Waals surface area (Å²) in [4.78, 5) is 29.5. The standard InChI is InChI=1S/C22H23N3O6S/c1-12-7-17(27)20(29)21(31-12)15(13-3-4-16(26)18(8-13)30-2)9-19(28)23-10-14-11-25-5-6-32-22(25)24-14/h3-4,7-8,11,15,26,29H,5-6,9-10H2,1-2H3,(H,23,28). The second kappa shape index (κ2) is 8.99. The maximum Gasteiger partial charge on any atom is 0.227 e. The number of phenolic OH excluding ortho intramolecular Hbond substituents is 1. The van der Waals surface area contributed by atoms with Gasteiger partial charge in [-0.2, -0.15) is 0 Å². The molecule has 10 heteroatoms. The first-order chi connectivity index (χ1) is 15.4. The Balaban J connectivity index is 1.60. The quantitative estimate of drug-likeness (QED) is 0.494. The smallest absolute Gasteiger partial charge is 0.227 e. The van der Waals surface area contributed by atoms with Crippen molar-refractivity contribution in [2.45, 2.75) is 37.5 Å². The molecule has 0 radical (unpaired) electrons. The van der Waals surface area contributed by atoms with Crippen molar-refractivity contribution in [1.82, 2.24) is 14.9 Å². The van der Waals surface area contributed by atoms with Crippen LogP contribution in [-0.4, -0.2) is 38.5 Å². The van der Waals surface area contributed by atoms with Gasteiger partial charge in [-0.05, 0) is 24.6 Å². The Morgan fingerprint density at radius 1 is 1.38 bits per heavy atom. The molecule has 1 aliphatic heterocycles. The fraction of sp³-hybridized carbons (Fsp3) is 0.318. The van der Waals surface area contributed by atoms with E-state index in [1.807, 2.05) is 6.20 Å². The van der Waals surface area contributed by atoms with E-state index < -0.39 is 17.1 Å². The van der Waals surface area contributed by atoms with Crippen molar-refractivity contribution in [2.75, 3.05) is 12.9 Å². The fourth-order valence-electron chi connectivity index (χ4n) is 3.63. The van der Waals surface area contributed by atoms with Crippen molar-refractivity contribution in [3.05, 3.63) is 63.5 Å². The first-order valence-electron chi connectivity index (χ1n) is 10.0. The number of aromatic nitrogens is 2. The van der Waals surface area contributed by atoms with Gasteiger partial charge in [-0.1, -0.05) is 17.8 Å². The summed E-state index contributed by atoms with van der Waals surface area (Å²) in [6, 6.07) is 5.75. The third-order valence-corrected chi connectivity index (χ3v) is 6.17. The Hall–Kier alpha value is -3.40. The lowest BCUT2D eigenvalue weighted by atomic mass is 9.91. The summed E-state index contributed by atoms with van der Waals surface area (Å²) in [6.45, 7) is 2.75. The first-order valence-corrected chi connectivity index (χ1v) is 11.0. The van der Waals surface area contributed by atoms with Crippen LogP contribution in [-0.2, 0) is 17.9 Å². The van der Waals surface area contributed by atoms with Crippen molar-refractivity contribution >= 4 is 17.7 Å². The molecule has 1 aromatic carbocycles. The number of amides is 1. The molecule has 32 heavy (non-hydrogen) atoms. The van der Waals surface area contributed by atoms with Crippen molar-refractivity contribution in [2.24, 2.45) is 0 Å². The minimum absolute atomic E-state index is 0.0183. The number of imidazole rings is 1. The van der Waals surface area contributed by atoms with Crippen LogP contribution in [0.25, 0.3) is 0 Å². The zero-order valence-corrected chi connectivity index (χ0v) is 18.4. The molecule has 0 saturated carbocycles. The fourth-order valence-corrected chi connectivity index (χ4v) is 4.59. The van der Waals surface area contributed by atoms with Gasteiger partial charge in [-0.3, -0.25) is 9.59 Å².